The number of hydrogen-bond acceptors (Lipinski definition) is 3. The van der Waals surface area contributed by atoms with Gasteiger partial charge in [-0.2, -0.15) is 0 Å². The Kier molecular flexibility index (Phi) is 2.47. The molecular formula is C15H16ClN3. The van der Waals surface area contributed by atoms with Crippen molar-refractivity contribution >= 4 is 28.3 Å². The highest BCUT2D eigenvalue weighted by atomic mass is 35.5. The fraction of sp³-hybridized carbons (Fsp3) is 0.400. The molecule has 3 heterocycles. The van der Waals surface area contributed by atoms with E-state index in [-0.39, 0.29) is 0 Å². The van der Waals surface area contributed by atoms with Crippen molar-refractivity contribution in [2.75, 3.05) is 18.0 Å². The van der Waals surface area contributed by atoms with Crippen molar-refractivity contribution < 1.29 is 0 Å². The van der Waals surface area contributed by atoms with Crippen LogP contribution in [0.25, 0.3) is 10.9 Å². The molecule has 19 heavy (non-hydrogen) atoms. The SMILES string of the molecule is Cc1cc(N2C[C@@H]3C[C@H]2CN3)nc2cc(Cl)ccc12. The molecule has 0 unspecified atom stereocenters. The molecule has 2 aliphatic heterocycles. The predicted octanol–water partition coefficient (Wildman–Crippen LogP) is 2.75. The summed E-state index contributed by atoms with van der Waals surface area (Å²) in [4.78, 5) is 7.25. The monoisotopic (exact) mass is 273 g/mol. The zero-order chi connectivity index (χ0) is 13.0. The number of pyridine rings is 1. The van der Waals surface area contributed by atoms with Gasteiger partial charge in [-0.15, -0.1) is 0 Å². The molecule has 2 aromatic rings. The van der Waals surface area contributed by atoms with Crippen molar-refractivity contribution in [3.8, 4) is 0 Å². The molecule has 2 atom stereocenters. The molecule has 2 saturated heterocycles. The summed E-state index contributed by atoms with van der Waals surface area (Å²) < 4.78 is 0. The zero-order valence-corrected chi connectivity index (χ0v) is 11.6. The van der Waals surface area contributed by atoms with Gasteiger partial charge >= 0.3 is 0 Å². The molecule has 2 aliphatic rings. The van der Waals surface area contributed by atoms with Crippen molar-refractivity contribution in [2.24, 2.45) is 0 Å². The third-order valence-electron chi connectivity index (χ3n) is 4.32. The van der Waals surface area contributed by atoms with Gasteiger partial charge in [0.1, 0.15) is 5.82 Å². The maximum atomic E-state index is 6.08. The number of nitrogens with one attached hydrogen (secondary N) is 1. The molecule has 98 valence electrons. The number of rotatable bonds is 1. The molecular weight excluding hydrogens is 258 g/mol. The van der Waals surface area contributed by atoms with Crippen LogP contribution in [0.2, 0.25) is 5.02 Å². The minimum absolute atomic E-state index is 0.605. The highest BCUT2D eigenvalue weighted by molar-refractivity contribution is 6.31. The van der Waals surface area contributed by atoms with Gasteiger partial charge in [0.2, 0.25) is 0 Å². The fourth-order valence-electron chi connectivity index (χ4n) is 3.35. The van der Waals surface area contributed by atoms with E-state index in [0.29, 0.717) is 12.1 Å². The maximum Gasteiger partial charge on any atom is 0.129 e. The van der Waals surface area contributed by atoms with Crippen molar-refractivity contribution in [1.82, 2.24) is 10.3 Å². The second-order valence-electron chi connectivity index (χ2n) is 5.61. The number of benzene rings is 1. The van der Waals surface area contributed by atoms with E-state index in [1.807, 2.05) is 12.1 Å². The Morgan fingerprint density at radius 3 is 3.00 bits per heavy atom. The minimum Gasteiger partial charge on any atom is -0.351 e. The van der Waals surface area contributed by atoms with Crippen LogP contribution in [-0.4, -0.2) is 30.2 Å². The molecule has 1 aromatic heterocycles. The lowest BCUT2D eigenvalue weighted by Crippen LogP contribution is -2.44. The Bertz CT molecular complexity index is 655. The maximum absolute atomic E-state index is 6.08. The third kappa shape index (κ3) is 1.80. The summed E-state index contributed by atoms with van der Waals surface area (Å²) in [5, 5.41) is 5.47. The first kappa shape index (κ1) is 11.5. The van der Waals surface area contributed by atoms with E-state index in [0.717, 1.165) is 29.4 Å². The average molecular weight is 274 g/mol. The van der Waals surface area contributed by atoms with E-state index in [1.54, 1.807) is 0 Å². The molecule has 1 aromatic carbocycles. The Morgan fingerprint density at radius 1 is 1.37 bits per heavy atom. The number of piperazine rings is 1. The van der Waals surface area contributed by atoms with Gasteiger partial charge in [-0.05, 0) is 37.1 Å². The number of aryl methyl sites for hydroxylation is 1. The number of anilines is 1. The van der Waals surface area contributed by atoms with Crippen molar-refractivity contribution in [1.29, 1.82) is 0 Å². The van der Waals surface area contributed by atoms with Gasteiger partial charge in [-0.25, -0.2) is 4.98 Å². The Labute approximate surface area is 117 Å². The normalized spacial score (nSPS) is 25.5. The van der Waals surface area contributed by atoms with E-state index in [4.69, 9.17) is 16.6 Å². The van der Waals surface area contributed by atoms with E-state index < -0.39 is 0 Å². The standard InChI is InChI=1S/C15H16ClN3/c1-9-4-15(19-8-11-6-12(19)7-17-11)18-14-5-10(16)2-3-13(9)14/h2-5,11-12,17H,6-8H2,1H3/t11-,12-/m0/s1. The molecule has 2 bridgehead atoms. The Balaban J connectivity index is 1.82. The molecule has 4 heteroatoms. The summed E-state index contributed by atoms with van der Waals surface area (Å²) in [5.41, 5.74) is 2.27. The van der Waals surface area contributed by atoms with E-state index in [2.05, 4.69) is 29.3 Å². The Hall–Kier alpha value is -1.32. The highest BCUT2D eigenvalue weighted by Gasteiger charge is 2.38. The first-order valence-electron chi connectivity index (χ1n) is 6.77. The smallest absolute Gasteiger partial charge is 0.129 e. The first-order chi connectivity index (χ1) is 9.20. The third-order valence-corrected chi connectivity index (χ3v) is 4.55. The lowest BCUT2D eigenvalue weighted by Gasteiger charge is -2.29. The van der Waals surface area contributed by atoms with Gasteiger partial charge in [0.05, 0.1) is 5.52 Å². The second kappa shape index (κ2) is 4.09. The van der Waals surface area contributed by atoms with Crippen LogP contribution in [0.3, 0.4) is 0 Å². The molecule has 2 fully saturated rings. The molecule has 0 radical (unpaired) electrons. The summed E-state index contributed by atoms with van der Waals surface area (Å²) in [7, 11) is 0. The number of nitrogens with zero attached hydrogens (tertiary/aromatic N) is 2. The summed E-state index contributed by atoms with van der Waals surface area (Å²) in [6, 6.07) is 9.40. The number of aromatic nitrogens is 1. The molecule has 1 N–H and O–H groups in total. The fourth-order valence-corrected chi connectivity index (χ4v) is 3.51. The summed E-state index contributed by atoms with van der Waals surface area (Å²) in [6.45, 7) is 4.30. The summed E-state index contributed by atoms with van der Waals surface area (Å²) >= 11 is 6.08. The largest absolute Gasteiger partial charge is 0.351 e. The van der Waals surface area contributed by atoms with Crippen molar-refractivity contribution in [3.63, 3.8) is 0 Å². The first-order valence-corrected chi connectivity index (χ1v) is 7.15. The number of hydrogen-bond donors (Lipinski definition) is 1. The summed E-state index contributed by atoms with van der Waals surface area (Å²) in [6.07, 6.45) is 1.24. The topological polar surface area (TPSA) is 28.2 Å². The number of fused-ring (bicyclic) bond motifs is 3. The van der Waals surface area contributed by atoms with Crippen LogP contribution in [-0.2, 0) is 0 Å². The molecule has 0 saturated carbocycles. The molecule has 0 amide bonds. The molecule has 0 spiro atoms. The van der Waals surface area contributed by atoms with Gasteiger partial charge in [-0.3, -0.25) is 0 Å². The van der Waals surface area contributed by atoms with Crippen LogP contribution in [0.15, 0.2) is 24.3 Å². The average Bonchev–Trinajstić information content (AvgIpc) is 3.00. The quantitative estimate of drug-likeness (QED) is 0.866. The Morgan fingerprint density at radius 2 is 2.26 bits per heavy atom. The van der Waals surface area contributed by atoms with Crippen LogP contribution >= 0.6 is 11.6 Å². The summed E-state index contributed by atoms with van der Waals surface area (Å²) in [5.74, 6) is 1.10. The lowest BCUT2D eigenvalue weighted by atomic mass is 10.1. The minimum atomic E-state index is 0.605. The van der Waals surface area contributed by atoms with Gasteiger partial charge < -0.3 is 10.2 Å². The van der Waals surface area contributed by atoms with Gasteiger partial charge in [0, 0.05) is 35.6 Å². The van der Waals surface area contributed by atoms with Crippen molar-refractivity contribution in [3.05, 3.63) is 34.9 Å². The van der Waals surface area contributed by atoms with E-state index in [1.165, 1.54) is 17.4 Å². The predicted molar refractivity (Wildman–Crippen MR) is 79.0 cm³/mol. The van der Waals surface area contributed by atoms with Crippen LogP contribution in [0.1, 0.15) is 12.0 Å². The van der Waals surface area contributed by atoms with Gasteiger partial charge in [0.25, 0.3) is 0 Å². The highest BCUT2D eigenvalue weighted by Crippen LogP contribution is 2.31. The van der Waals surface area contributed by atoms with Gasteiger partial charge in [-0.1, -0.05) is 17.7 Å². The van der Waals surface area contributed by atoms with Crippen LogP contribution < -0.4 is 10.2 Å². The second-order valence-corrected chi connectivity index (χ2v) is 6.04. The zero-order valence-electron chi connectivity index (χ0n) is 10.9. The van der Waals surface area contributed by atoms with E-state index >= 15 is 0 Å². The van der Waals surface area contributed by atoms with Crippen LogP contribution in [0.5, 0.6) is 0 Å². The van der Waals surface area contributed by atoms with Gasteiger partial charge in [0.15, 0.2) is 0 Å². The molecule has 0 aliphatic carbocycles. The van der Waals surface area contributed by atoms with Crippen LogP contribution in [0.4, 0.5) is 5.82 Å². The van der Waals surface area contributed by atoms with E-state index in [9.17, 15) is 0 Å². The lowest BCUT2D eigenvalue weighted by molar-refractivity contribution is 0.577. The number of halogens is 1. The van der Waals surface area contributed by atoms with Crippen LogP contribution in [0, 0.1) is 6.92 Å². The van der Waals surface area contributed by atoms with Crippen molar-refractivity contribution in [2.45, 2.75) is 25.4 Å². The molecule has 3 nitrogen and oxygen atoms in total. The molecule has 4 rings (SSSR count).